The fourth-order valence-corrected chi connectivity index (χ4v) is 3.80. The van der Waals surface area contributed by atoms with Gasteiger partial charge in [0.15, 0.2) is 5.43 Å². The molecule has 0 aliphatic rings. The van der Waals surface area contributed by atoms with E-state index in [0.717, 1.165) is 32.2 Å². The van der Waals surface area contributed by atoms with Crippen LogP contribution in [-0.4, -0.2) is 0 Å². The fraction of sp³-hybridized carbons (Fsp3) is 0.188. The lowest BCUT2D eigenvalue weighted by Crippen LogP contribution is -2.02. The van der Waals surface area contributed by atoms with Crippen LogP contribution in [0.5, 0.6) is 0 Å². The molecule has 0 radical (unpaired) electrons. The lowest BCUT2D eigenvalue weighted by molar-refractivity contribution is 0.892. The lowest BCUT2D eigenvalue weighted by Gasteiger charge is -2.10. The number of halogens is 1. The Balaban J connectivity index is 2.48. The molecule has 3 rings (SSSR count). The maximum atomic E-state index is 12.5. The van der Waals surface area contributed by atoms with Crippen LogP contribution in [0.3, 0.4) is 0 Å². The van der Waals surface area contributed by atoms with Crippen molar-refractivity contribution >= 4 is 43.1 Å². The van der Waals surface area contributed by atoms with Gasteiger partial charge in [-0.1, -0.05) is 31.2 Å². The van der Waals surface area contributed by atoms with Crippen molar-refractivity contribution in [2.24, 2.45) is 0 Å². The van der Waals surface area contributed by atoms with Crippen LogP contribution in [0.1, 0.15) is 24.3 Å². The van der Waals surface area contributed by atoms with E-state index in [1.807, 2.05) is 42.5 Å². The Morgan fingerprint density at radius 1 is 1.11 bits per heavy atom. The first kappa shape index (κ1) is 12.6. The molecule has 3 aromatic rings. The second-order valence-electron chi connectivity index (χ2n) is 4.53. The largest absolute Gasteiger partial charge is 0.289 e. The maximum Gasteiger partial charge on any atom is 0.195 e. The van der Waals surface area contributed by atoms with Gasteiger partial charge in [0, 0.05) is 20.2 Å². The van der Waals surface area contributed by atoms with E-state index in [2.05, 4.69) is 6.92 Å². The summed E-state index contributed by atoms with van der Waals surface area (Å²) in [5.74, 6) is 0. The van der Waals surface area contributed by atoms with Crippen LogP contribution in [0.2, 0.25) is 0 Å². The second-order valence-corrected chi connectivity index (χ2v) is 6.11. The van der Waals surface area contributed by atoms with Gasteiger partial charge in [-0.3, -0.25) is 4.79 Å². The molecular weight excluding hydrogens is 276 g/mol. The minimum absolute atomic E-state index is 0.0412. The lowest BCUT2D eigenvalue weighted by atomic mass is 10.1. The first-order valence-corrected chi connectivity index (χ1v) is 7.56. The van der Waals surface area contributed by atoms with Crippen LogP contribution in [0.25, 0.3) is 20.2 Å². The highest BCUT2D eigenvalue weighted by Gasteiger charge is 2.13. The van der Waals surface area contributed by atoms with Gasteiger partial charge in [-0.15, -0.1) is 22.9 Å². The van der Waals surface area contributed by atoms with Gasteiger partial charge >= 0.3 is 0 Å². The third kappa shape index (κ3) is 2.05. The molecule has 1 nitrogen and oxygen atoms in total. The van der Waals surface area contributed by atoms with E-state index in [0.29, 0.717) is 0 Å². The molecule has 0 N–H and O–H groups in total. The van der Waals surface area contributed by atoms with Crippen molar-refractivity contribution in [3.05, 3.63) is 58.3 Å². The first-order valence-electron chi connectivity index (χ1n) is 6.31. The molecule has 0 saturated heterocycles. The quantitative estimate of drug-likeness (QED) is 0.473. The van der Waals surface area contributed by atoms with Gasteiger partial charge in [0.2, 0.25) is 0 Å². The third-order valence-electron chi connectivity index (χ3n) is 3.33. The normalized spacial score (nSPS) is 12.9. The fourth-order valence-electron chi connectivity index (χ4n) is 2.31. The number of rotatable bonds is 2. The molecule has 3 heteroatoms. The predicted molar refractivity (Wildman–Crippen MR) is 84.5 cm³/mol. The molecule has 1 aromatic heterocycles. The smallest absolute Gasteiger partial charge is 0.195 e. The number of hydrogen-bond donors (Lipinski definition) is 0. The SMILES string of the molecule is CCC(Cl)c1cccc2c(=O)c3ccccc3sc12. The Hall–Kier alpha value is -1.38. The molecule has 2 aromatic carbocycles. The van der Waals surface area contributed by atoms with Gasteiger partial charge < -0.3 is 0 Å². The highest BCUT2D eigenvalue weighted by molar-refractivity contribution is 7.24. The van der Waals surface area contributed by atoms with Crippen molar-refractivity contribution in [1.29, 1.82) is 0 Å². The standard InChI is InChI=1S/C16H13ClOS/c1-2-13(17)10-7-5-8-12-15(18)11-6-3-4-9-14(11)19-16(10)12/h3-9,13H,2H2,1H3. The molecule has 0 saturated carbocycles. The highest BCUT2D eigenvalue weighted by atomic mass is 35.5. The Kier molecular flexibility index (Phi) is 3.29. The van der Waals surface area contributed by atoms with Crippen LogP contribution >= 0.6 is 22.9 Å². The molecule has 96 valence electrons. The van der Waals surface area contributed by atoms with E-state index in [-0.39, 0.29) is 10.8 Å². The molecule has 0 bridgehead atoms. The van der Waals surface area contributed by atoms with Crippen molar-refractivity contribution in [2.45, 2.75) is 18.7 Å². The minimum atomic E-state index is -0.0412. The summed E-state index contributed by atoms with van der Waals surface area (Å²) >= 11 is 8.03. The number of hydrogen-bond acceptors (Lipinski definition) is 2. The van der Waals surface area contributed by atoms with Gasteiger partial charge in [-0.2, -0.15) is 0 Å². The average molecular weight is 289 g/mol. The van der Waals surface area contributed by atoms with Gasteiger partial charge in [-0.25, -0.2) is 0 Å². The minimum Gasteiger partial charge on any atom is -0.289 e. The first-order chi connectivity index (χ1) is 9.22. The molecule has 1 unspecified atom stereocenters. The second kappa shape index (κ2) is 4.95. The van der Waals surface area contributed by atoms with E-state index < -0.39 is 0 Å². The van der Waals surface area contributed by atoms with Crippen molar-refractivity contribution < 1.29 is 0 Å². The molecular formula is C16H13ClOS. The molecule has 0 fully saturated rings. The molecule has 1 atom stereocenters. The van der Waals surface area contributed by atoms with Crippen molar-refractivity contribution in [3.8, 4) is 0 Å². The van der Waals surface area contributed by atoms with Crippen molar-refractivity contribution in [2.75, 3.05) is 0 Å². The molecule has 1 heterocycles. The summed E-state index contributed by atoms with van der Waals surface area (Å²) in [4.78, 5) is 12.5. The Morgan fingerprint density at radius 2 is 1.84 bits per heavy atom. The zero-order valence-electron chi connectivity index (χ0n) is 10.5. The van der Waals surface area contributed by atoms with E-state index in [4.69, 9.17) is 11.6 Å². The summed E-state index contributed by atoms with van der Waals surface area (Å²) in [6.07, 6.45) is 0.856. The van der Waals surface area contributed by atoms with Crippen LogP contribution < -0.4 is 5.43 Å². The molecule has 0 amide bonds. The highest BCUT2D eigenvalue weighted by Crippen LogP contribution is 2.34. The van der Waals surface area contributed by atoms with Gasteiger partial charge in [0.25, 0.3) is 0 Å². The number of alkyl halides is 1. The summed E-state index contributed by atoms with van der Waals surface area (Å²) < 4.78 is 2.04. The van der Waals surface area contributed by atoms with Crippen molar-refractivity contribution in [3.63, 3.8) is 0 Å². The number of fused-ring (bicyclic) bond motifs is 2. The summed E-state index contributed by atoms with van der Waals surface area (Å²) in [7, 11) is 0. The third-order valence-corrected chi connectivity index (χ3v) is 5.11. The Morgan fingerprint density at radius 3 is 2.63 bits per heavy atom. The van der Waals surface area contributed by atoms with E-state index in [9.17, 15) is 4.79 Å². The van der Waals surface area contributed by atoms with Crippen LogP contribution in [0, 0.1) is 0 Å². The molecule has 0 aliphatic carbocycles. The predicted octanol–water partition coefficient (Wildman–Crippen LogP) is 5.10. The molecule has 0 spiro atoms. The number of benzene rings is 2. The summed E-state index contributed by atoms with van der Waals surface area (Å²) in [5, 5.41) is 1.53. The zero-order valence-corrected chi connectivity index (χ0v) is 12.1. The topological polar surface area (TPSA) is 17.1 Å². The Labute approximate surface area is 120 Å². The van der Waals surface area contributed by atoms with Gasteiger partial charge in [0.1, 0.15) is 0 Å². The van der Waals surface area contributed by atoms with E-state index in [1.165, 1.54) is 0 Å². The average Bonchev–Trinajstić information content (AvgIpc) is 2.46. The van der Waals surface area contributed by atoms with Crippen LogP contribution in [0.15, 0.2) is 47.3 Å². The molecule has 19 heavy (non-hydrogen) atoms. The van der Waals surface area contributed by atoms with E-state index in [1.54, 1.807) is 11.3 Å². The summed E-state index contributed by atoms with van der Waals surface area (Å²) in [5.41, 5.74) is 1.17. The maximum absolute atomic E-state index is 12.5. The van der Waals surface area contributed by atoms with Gasteiger partial charge in [0.05, 0.1) is 5.38 Å². The zero-order chi connectivity index (χ0) is 13.4. The van der Waals surface area contributed by atoms with E-state index >= 15 is 0 Å². The Bertz CT molecular complexity index is 807. The summed E-state index contributed by atoms with van der Waals surface area (Å²) in [6.45, 7) is 2.06. The summed E-state index contributed by atoms with van der Waals surface area (Å²) in [6, 6.07) is 13.6. The van der Waals surface area contributed by atoms with Gasteiger partial charge in [-0.05, 0) is 30.2 Å². The monoisotopic (exact) mass is 288 g/mol. The van der Waals surface area contributed by atoms with Crippen molar-refractivity contribution in [1.82, 2.24) is 0 Å². The molecule has 0 aliphatic heterocycles. The van der Waals surface area contributed by atoms with Crippen LogP contribution in [-0.2, 0) is 0 Å². The van der Waals surface area contributed by atoms with Crippen LogP contribution in [0.4, 0.5) is 0 Å².